The van der Waals surface area contributed by atoms with Crippen LogP contribution in [0.5, 0.6) is 0 Å². The quantitative estimate of drug-likeness (QED) is 0.576. The third kappa shape index (κ3) is 4.82. The average Bonchev–Trinajstić information content (AvgIpc) is 3.12. The number of anilines is 1. The van der Waals surface area contributed by atoms with Crippen molar-refractivity contribution in [1.29, 1.82) is 0 Å². The zero-order valence-electron chi connectivity index (χ0n) is 16.4. The van der Waals surface area contributed by atoms with E-state index in [0.717, 1.165) is 36.2 Å². The van der Waals surface area contributed by atoms with Crippen LogP contribution in [0.1, 0.15) is 38.4 Å². The van der Waals surface area contributed by atoms with Gasteiger partial charge >= 0.3 is 0 Å². The first-order valence-electron chi connectivity index (χ1n) is 9.29. The number of pyridine rings is 1. The first-order valence-corrected chi connectivity index (χ1v) is 9.29. The number of hydrogen-bond donors (Lipinski definition) is 1. The fraction of sp³-hybridized carbons (Fsp3) is 0.450. The highest BCUT2D eigenvalue weighted by atomic mass is 16.5. The second-order valence-corrected chi connectivity index (χ2v) is 7.77. The Hall–Kier alpha value is -3.03. The summed E-state index contributed by atoms with van der Waals surface area (Å²) >= 11 is 0. The maximum atomic E-state index is 12.5. The summed E-state index contributed by atoms with van der Waals surface area (Å²) in [7, 11) is 0. The minimum Gasteiger partial charge on any atom is -0.446 e. The Kier molecular flexibility index (Phi) is 5.87. The summed E-state index contributed by atoms with van der Waals surface area (Å²) in [5, 5.41) is 2.95. The number of nitrogens with one attached hydrogen (secondary N) is 1. The minimum absolute atomic E-state index is 0.0212. The molecule has 0 atom stereocenters. The van der Waals surface area contributed by atoms with Crippen LogP contribution in [0.15, 0.2) is 24.5 Å². The number of carbonyl (C=O) groups excluding carboxylic acids is 2. The van der Waals surface area contributed by atoms with Crippen molar-refractivity contribution < 1.29 is 14.3 Å². The lowest BCUT2D eigenvalue weighted by atomic mass is 10.1. The normalized spacial score (nSPS) is 13.0. The lowest BCUT2D eigenvalue weighted by Gasteiger charge is -2.28. The van der Waals surface area contributed by atoms with Gasteiger partial charge in [-0.1, -0.05) is 0 Å². The zero-order valence-corrected chi connectivity index (χ0v) is 16.4. The molecular formula is C20H25N5O3. The molecule has 1 aliphatic rings. The summed E-state index contributed by atoms with van der Waals surface area (Å²) in [5.74, 6) is 0.372. The fourth-order valence-electron chi connectivity index (χ4n) is 3.30. The van der Waals surface area contributed by atoms with Gasteiger partial charge in [-0.3, -0.25) is 9.59 Å². The molecule has 8 nitrogen and oxygen atoms in total. The predicted octanol–water partition coefficient (Wildman–Crippen LogP) is 1.88. The number of nitrogens with zero attached hydrogens (tertiary/aromatic N) is 4. The Morgan fingerprint density at radius 3 is 2.71 bits per heavy atom. The maximum absolute atomic E-state index is 12.5. The maximum Gasteiger partial charge on any atom is 0.294 e. The van der Waals surface area contributed by atoms with Crippen molar-refractivity contribution in [2.75, 3.05) is 18.2 Å². The largest absolute Gasteiger partial charge is 0.446 e. The summed E-state index contributed by atoms with van der Waals surface area (Å²) in [6.45, 7) is 6.20. The number of carbonyl (C=O) groups is 2. The van der Waals surface area contributed by atoms with Crippen LogP contribution >= 0.6 is 0 Å². The molecule has 2 aromatic heterocycles. The number of ether oxygens (including phenoxy) is 1. The van der Waals surface area contributed by atoms with Crippen molar-refractivity contribution in [2.45, 2.75) is 45.6 Å². The molecule has 0 aromatic carbocycles. The molecule has 0 fully saturated rings. The molecule has 8 heteroatoms. The smallest absolute Gasteiger partial charge is 0.294 e. The summed E-state index contributed by atoms with van der Waals surface area (Å²) in [6.07, 6.45) is 6.05. The lowest BCUT2D eigenvalue weighted by molar-refractivity contribution is -0.129. The third-order valence-corrected chi connectivity index (χ3v) is 4.31. The van der Waals surface area contributed by atoms with Crippen molar-refractivity contribution >= 4 is 18.1 Å². The third-order valence-electron chi connectivity index (χ3n) is 4.31. The highest BCUT2D eigenvalue weighted by molar-refractivity contribution is 5.82. The van der Waals surface area contributed by atoms with Crippen LogP contribution < -0.4 is 10.2 Å². The first-order chi connectivity index (χ1) is 13.4. The molecule has 3 rings (SSSR count). The Morgan fingerprint density at radius 1 is 1.29 bits per heavy atom. The van der Waals surface area contributed by atoms with E-state index >= 15 is 0 Å². The van der Waals surface area contributed by atoms with Gasteiger partial charge in [0.15, 0.2) is 12.6 Å². The highest BCUT2D eigenvalue weighted by Crippen LogP contribution is 2.33. The molecule has 0 saturated carbocycles. The first kappa shape index (κ1) is 19.7. The molecule has 0 radical (unpaired) electrons. The van der Waals surface area contributed by atoms with E-state index < -0.39 is 0 Å². The van der Waals surface area contributed by atoms with Crippen LogP contribution in [0.2, 0.25) is 0 Å². The monoisotopic (exact) mass is 383 g/mol. The molecule has 0 unspecified atom stereocenters. The van der Waals surface area contributed by atoms with Gasteiger partial charge in [-0.15, -0.1) is 0 Å². The summed E-state index contributed by atoms with van der Waals surface area (Å²) < 4.78 is 5.00. The molecule has 0 bridgehead atoms. The average molecular weight is 383 g/mol. The topological polar surface area (TPSA) is 97.3 Å². The molecule has 2 heterocycles. The van der Waals surface area contributed by atoms with Gasteiger partial charge < -0.3 is 15.0 Å². The van der Waals surface area contributed by atoms with Crippen LogP contribution in [0, 0.1) is 0 Å². The highest BCUT2D eigenvalue weighted by Gasteiger charge is 2.25. The SMILES string of the molecule is CC(C)(C)NC(=O)CN(COC=O)c1cc(-c2ncccn2)nc2c1CCC2. The van der Waals surface area contributed by atoms with E-state index in [1.54, 1.807) is 23.4 Å². The van der Waals surface area contributed by atoms with Crippen molar-refractivity contribution in [2.24, 2.45) is 0 Å². The van der Waals surface area contributed by atoms with Gasteiger partial charge in [0.25, 0.3) is 6.47 Å². The lowest BCUT2D eigenvalue weighted by Crippen LogP contribution is -2.46. The van der Waals surface area contributed by atoms with E-state index in [2.05, 4.69) is 15.3 Å². The Bertz CT molecular complexity index is 849. The second-order valence-electron chi connectivity index (χ2n) is 7.77. The van der Waals surface area contributed by atoms with Gasteiger partial charge in [0.05, 0.1) is 0 Å². The Balaban J connectivity index is 1.97. The molecule has 28 heavy (non-hydrogen) atoms. The van der Waals surface area contributed by atoms with Crippen LogP contribution in [0.25, 0.3) is 11.5 Å². The number of aromatic nitrogens is 3. The summed E-state index contributed by atoms with van der Waals surface area (Å²) in [4.78, 5) is 38.4. The molecule has 0 spiro atoms. The molecule has 148 valence electrons. The number of rotatable bonds is 7. The van der Waals surface area contributed by atoms with E-state index in [9.17, 15) is 9.59 Å². The van der Waals surface area contributed by atoms with Gasteiger partial charge in [-0.2, -0.15) is 0 Å². The van der Waals surface area contributed by atoms with E-state index in [-0.39, 0.29) is 24.7 Å². The summed E-state index contributed by atoms with van der Waals surface area (Å²) in [5.41, 5.74) is 3.18. The molecule has 1 aliphatic carbocycles. The van der Waals surface area contributed by atoms with Gasteiger partial charge in [0, 0.05) is 29.3 Å². The molecule has 2 aromatic rings. The number of fused-ring (bicyclic) bond motifs is 1. The zero-order chi connectivity index (χ0) is 20.1. The van der Waals surface area contributed by atoms with Gasteiger partial charge in [0.2, 0.25) is 5.91 Å². The number of hydrogen-bond acceptors (Lipinski definition) is 7. The Morgan fingerprint density at radius 2 is 2.04 bits per heavy atom. The Labute approximate surface area is 164 Å². The van der Waals surface area contributed by atoms with Crippen LogP contribution in [0.3, 0.4) is 0 Å². The second kappa shape index (κ2) is 8.33. The van der Waals surface area contributed by atoms with Crippen molar-refractivity contribution in [1.82, 2.24) is 20.3 Å². The van der Waals surface area contributed by atoms with E-state index in [4.69, 9.17) is 9.72 Å². The number of aryl methyl sites for hydroxylation is 1. The minimum atomic E-state index is -0.350. The van der Waals surface area contributed by atoms with Crippen molar-refractivity contribution in [3.05, 3.63) is 35.8 Å². The molecule has 1 N–H and O–H groups in total. The van der Waals surface area contributed by atoms with Crippen molar-refractivity contribution in [3.63, 3.8) is 0 Å². The van der Waals surface area contributed by atoms with E-state index in [1.807, 2.05) is 26.8 Å². The molecule has 0 aliphatic heterocycles. The summed E-state index contributed by atoms with van der Waals surface area (Å²) in [6, 6.07) is 3.62. The van der Waals surface area contributed by atoms with E-state index in [0.29, 0.717) is 18.0 Å². The van der Waals surface area contributed by atoms with Gasteiger partial charge in [-0.25, -0.2) is 15.0 Å². The number of amides is 1. The van der Waals surface area contributed by atoms with Crippen molar-refractivity contribution in [3.8, 4) is 11.5 Å². The van der Waals surface area contributed by atoms with Gasteiger partial charge in [-0.05, 0) is 57.7 Å². The van der Waals surface area contributed by atoms with Crippen LogP contribution in [-0.2, 0) is 27.2 Å². The fourth-order valence-corrected chi connectivity index (χ4v) is 3.30. The molecule has 0 saturated heterocycles. The molecular weight excluding hydrogens is 358 g/mol. The molecule has 1 amide bonds. The van der Waals surface area contributed by atoms with Crippen LogP contribution in [0.4, 0.5) is 5.69 Å². The standard InChI is InChI=1S/C20H25N5O3/c1-20(2,3)24-18(27)11-25(12-28-13-26)17-10-16(19-21-8-5-9-22-19)23-15-7-4-6-14(15)17/h5,8-10,13H,4,6-7,11-12H2,1-3H3,(H,24,27). The van der Waals surface area contributed by atoms with E-state index in [1.165, 1.54) is 0 Å². The van der Waals surface area contributed by atoms with Crippen LogP contribution in [-0.4, -0.2) is 46.1 Å². The predicted molar refractivity (Wildman–Crippen MR) is 105 cm³/mol. The van der Waals surface area contributed by atoms with Gasteiger partial charge in [0.1, 0.15) is 12.2 Å².